The van der Waals surface area contributed by atoms with Gasteiger partial charge < -0.3 is 18.6 Å². The molecule has 11 aromatic carbocycles. The predicted octanol–water partition coefficient (Wildman–Crippen LogP) is 20.9. The summed E-state index contributed by atoms with van der Waals surface area (Å²) < 4.78 is 5.26. The van der Waals surface area contributed by atoms with E-state index < -0.39 is 0 Å². The molecular weight excluding hydrogens is 945 g/mol. The molecule has 4 aromatic heterocycles. The molecule has 0 aliphatic carbocycles. The second-order valence-corrected chi connectivity index (χ2v) is 23.3. The summed E-state index contributed by atoms with van der Waals surface area (Å²) in [5, 5.41) is 9.91. The normalized spacial score (nSPS) is 12.5. The highest BCUT2D eigenvalue weighted by Gasteiger charge is 2.33. The number of aromatic nitrogens is 2. The van der Waals surface area contributed by atoms with Crippen LogP contribution in [0.1, 0.15) is 52.7 Å². The molecule has 0 bridgehead atoms. The van der Waals surface area contributed by atoms with Crippen molar-refractivity contribution in [1.82, 2.24) is 8.80 Å². The molecule has 0 aliphatic heterocycles. The first-order valence-electron chi connectivity index (χ1n) is 27.4. The molecule has 0 saturated heterocycles. The third-order valence-corrected chi connectivity index (χ3v) is 16.6. The second-order valence-electron chi connectivity index (χ2n) is 23.3. The minimum Gasteiger partial charge on any atom is -0.310 e. The number of para-hydroxylation sites is 4. The minimum atomic E-state index is 0.0343. The Morgan fingerprint density at radius 2 is 0.577 bits per heavy atom. The summed E-state index contributed by atoms with van der Waals surface area (Å²) >= 11 is 0. The molecule has 15 rings (SSSR count). The molecular formula is C74H58N4. The van der Waals surface area contributed by atoms with Crippen LogP contribution in [0, 0.1) is 0 Å². The predicted molar refractivity (Wildman–Crippen MR) is 333 cm³/mol. The summed E-state index contributed by atoms with van der Waals surface area (Å²) in [6.07, 6.45) is 0. The number of anilines is 6. The molecule has 4 heterocycles. The van der Waals surface area contributed by atoms with E-state index in [2.05, 4.69) is 303 Å². The van der Waals surface area contributed by atoms with Crippen molar-refractivity contribution in [2.24, 2.45) is 0 Å². The molecule has 0 spiro atoms. The van der Waals surface area contributed by atoms with Gasteiger partial charge in [-0.25, -0.2) is 0 Å². The van der Waals surface area contributed by atoms with E-state index in [1.807, 2.05) is 0 Å². The van der Waals surface area contributed by atoms with Gasteiger partial charge in [0, 0.05) is 77.0 Å². The molecule has 0 amide bonds. The number of hydrogen-bond acceptors (Lipinski definition) is 2. The smallest absolute Gasteiger partial charge is 0.0634 e. The van der Waals surface area contributed by atoms with Gasteiger partial charge in [0.2, 0.25) is 0 Å². The molecule has 0 aliphatic rings. The highest BCUT2D eigenvalue weighted by atomic mass is 15.2. The van der Waals surface area contributed by atoms with Crippen LogP contribution in [0.25, 0.3) is 98.4 Å². The molecule has 0 radical (unpaired) electrons. The highest BCUT2D eigenvalue weighted by Crippen LogP contribution is 2.56. The number of rotatable bonds is 8. The summed E-state index contributed by atoms with van der Waals surface area (Å²) in [6.45, 7) is 13.7. The van der Waals surface area contributed by atoms with Crippen LogP contribution < -0.4 is 9.80 Å². The SMILES string of the molecule is CC(C)(C)c1ccc(N(c2ccccc2)c2cccc3c2c2cccc4c5c(-c6ccccc6)c6c(c(-c7ccccc7)c5n3c24)c2cccc3c4c(N(c5ccccc5)c5ccc(C(C)(C)C)cc5)cccc4n6c32)cc1. The molecule has 15 aromatic rings. The Bertz CT molecular complexity index is 4440. The van der Waals surface area contributed by atoms with E-state index in [4.69, 9.17) is 0 Å². The van der Waals surface area contributed by atoms with E-state index in [1.54, 1.807) is 0 Å². The van der Waals surface area contributed by atoms with Crippen molar-refractivity contribution in [3.05, 3.63) is 254 Å². The van der Waals surface area contributed by atoms with Gasteiger partial charge in [0.05, 0.1) is 44.5 Å². The third-order valence-electron chi connectivity index (χ3n) is 16.6. The van der Waals surface area contributed by atoms with E-state index in [9.17, 15) is 0 Å². The maximum atomic E-state index is 2.63. The van der Waals surface area contributed by atoms with E-state index >= 15 is 0 Å². The first kappa shape index (κ1) is 46.0. The highest BCUT2D eigenvalue weighted by molar-refractivity contribution is 6.39. The van der Waals surface area contributed by atoms with Crippen molar-refractivity contribution in [3.63, 3.8) is 0 Å². The second kappa shape index (κ2) is 17.1. The largest absolute Gasteiger partial charge is 0.310 e. The van der Waals surface area contributed by atoms with E-state index in [1.165, 1.54) is 110 Å². The fourth-order valence-corrected chi connectivity index (χ4v) is 13.1. The van der Waals surface area contributed by atoms with Gasteiger partial charge in [0.25, 0.3) is 0 Å². The fourth-order valence-electron chi connectivity index (χ4n) is 13.1. The van der Waals surface area contributed by atoms with E-state index in [0.717, 1.165) is 34.1 Å². The summed E-state index contributed by atoms with van der Waals surface area (Å²) in [7, 11) is 0. The summed E-state index contributed by atoms with van der Waals surface area (Å²) in [4.78, 5) is 4.91. The van der Waals surface area contributed by atoms with Crippen LogP contribution in [0.5, 0.6) is 0 Å². The lowest BCUT2D eigenvalue weighted by Crippen LogP contribution is -2.13. The average molecular weight is 1000 g/mol. The Morgan fingerprint density at radius 3 is 0.923 bits per heavy atom. The average Bonchev–Trinajstić information content (AvgIpc) is 3.78. The minimum absolute atomic E-state index is 0.0343. The molecule has 0 fully saturated rings. The number of nitrogens with zero attached hydrogens (tertiary/aromatic N) is 4. The van der Waals surface area contributed by atoms with Gasteiger partial charge in [-0.15, -0.1) is 0 Å². The number of fused-ring (bicyclic) bond motifs is 12. The summed E-state index contributed by atoms with van der Waals surface area (Å²) in [5.41, 5.74) is 21.6. The molecule has 374 valence electrons. The zero-order valence-electron chi connectivity index (χ0n) is 44.9. The van der Waals surface area contributed by atoms with Gasteiger partial charge >= 0.3 is 0 Å². The Balaban J connectivity index is 1.10. The standard InChI is InChI=1S/C74H58N4/c1-73(2,3)49-39-43-53(44-40-49)75(51-27-15-9-16-28-51)59-35-21-37-61-65(59)55-31-19-33-57-67-64(48-25-13-8-14-26-48)72-68(63(47-23-11-7-12-24-47)71(67)77(61)69(55)57)58-34-20-32-56-66-60(36-22-38-62(66)78(72)70(56)58)76(52-29-17-10-18-30-52)54-45-41-50(42-46-54)74(4,5)6/h7-46H,1-6H3. The maximum Gasteiger partial charge on any atom is 0.0634 e. The molecule has 0 unspecified atom stereocenters. The van der Waals surface area contributed by atoms with Crippen LogP contribution in [0.15, 0.2) is 243 Å². The van der Waals surface area contributed by atoms with Gasteiger partial charge in [-0.3, -0.25) is 0 Å². The molecule has 4 heteroatoms. The zero-order valence-corrected chi connectivity index (χ0v) is 44.9. The quantitative estimate of drug-likeness (QED) is 0.151. The molecule has 4 nitrogen and oxygen atoms in total. The Kier molecular flexibility index (Phi) is 10.1. The Labute approximate surface area is 454 Å². The number of hydrogen-bond donors (Lipinski definition) is 0. The first-order valence-corrected chi connectivity index (χ1v) is 27.4. The van der Waals surface area contributed by atoms with Gasteiger partial charge in [-0.1, -0.05) is 211 Å². The lowest BCUT2D eigenvalue weighted by atomic mass is 9.87. The number of benzene rings is 11. The Hall–Kier alpha value is -9.38. The summed E-state index contributed by atoms with van der Waals surface area (Å²) in [6, 6.07) is 90.4. The van der Waals surface area contributed by atoms with Crippen molar-refractivity contribution in [2.45, 2.75) is 52.4 Å². The molecule has 0 N–H and O–H groups in total. The van der Waals surface area contributed by atoms with Crippen LogP contribution in [0.4, 0.5) is 34.1 Å². The monoisotopic (exact) mass is 1000 g/mol. The topological polar surface area (TPSA) is 15.3 Å². The summed E-state index contributed by atoms with van der Waals surface area (Å²) in [5.74, 6) is 0. The van der Waals surface area contributed by atoms with Crippen LogP contribution in [0.2, 0.25) is 0 Å². The zero-order chi connectivity index (χ0) is 52.6. The Morgan fingerprint density at radius 1 is 0.269 bits per heavy atom. The van der Waals surface area contributed by atoms with E-state index in [-0.39, 0.29) is 10.8 Å². The van der Waals surface area contributed by atoms with Crippen molar-refractivity contribution in [3.8, 4) is 22.3 Å². The van der Waals surface area contributed by atoms with E-state index in [0.29, 0.717) is 0 Å². The van der Waals surface area contributed by atoms with Crippen molar-refractivity contribution < 1.29 is 0 Å². The van der Waals surface area contributed by atoms with Gasteiger partial charge in [-0.2, -0.15) is 0 Å². The third kappa shape index (κ3) is 6.72. The van der Waals surface area contributed by atoms with Gasteiger partial charge in [0.1, 0.15) is 0 Å². The van der Waals surface area contributed by atoms with Crippen molar-refractivity contribution in [1.29, 1.82) is 0 Å². The molecule has 0 atom stereocenters. The maximum absolute atomic E-state index is 2.63. The lowest BCUT2D eigenvalue weighted by molar-refractivity contribution is 0.590. The van der Waals surface area contributed by atoms with Crippen LogP contribution in [-0.4, -0.2) is 8.80 Å². The van der Waals surface area contributed by atoms with Crippen LogP contribution >= 0.6 is 0 Å². The molecule has 78 heavy (non-hydrogen) atoms. The van der Waals surface area contributed by atoms with Crippen LogP contribution in [-0.2, 0) is 10.8 Å². The van der Waals surface area contributed by atoms with Gasteiger partial charge in [0.15, 0.2) is 0 Å². The fraction of sp³-hybridized carbons (Fsp3) is 0.108. The molecule has 0 saturated carbocycles. The van der Waals surface area contributed by atoms with Crippen molar-refractivity contribution >= 4 is 110 Å². The van der Waals surface area contributed by atoms with Crippen molar-refractivity contribution in [2.75, 3.05) is 9.80 Å². The van der Waals surface area contributed by atoms with Gasteiger partial charge in [-0.05, 0) is 106 Å². The van der Waals surface area contributed by atoms with Crippen LogP contribution in [0.3, 0.4) is 0 Å². The lowest BCUT2D eigenvalue weighted by Gasteiger charge is -2.28. The first-order chi connectivity index (χ1) is 38.0.